The quantitative estimate of drug-likeness (QED) is 0.900. The highest BCUT2D eigenvalue weighted by atomic mass is 35.5. The van der Waals surface area contributed by atoms with Gasteiger partial charge in [0.2, 0.25) is 11.8 Å². The fourth-order valence-corrected chi connectivity index (χ4v) is 1.66. The van der Waals surface area contributed by atoms with Crippen LogP contribution < -0.4 is 10.1 Å². The van der Waals surface area contributed by atoms with E-state index in [0.717, 1.165) is 12.1 Å². The Kier molecular flexibility index (Phi) is 4.36. The van der Waals surface area contributed by atoms with E-state index in [9.17, 15) is 0 Å². The fraction of sp³-hybridized carbons (Fsp3) is 0.231. The predicted molar refractivity (Wildman–Crippen MR) is 72.0 cm³/mol. The van der Waals surface area contributed by atoms with Crippen molar-refractivity contribution in [3.05, 3.63) is 47.1 Å². The normalized spacial score (nSPS) is 10.1. The second kappa shape index (κ2) is 6.21. The lowest BCUT2D eigenvalue weighted by Gasteiger charge is -2.07. The minimum Gasteiger partial charge on any atom is -0.473 e. The van der Waals surface area contributed by atoms with Crippen molar-refractivity contribution in [2.24, 2.45) is 0 Å². The first kappa shape index (κ1) is 12.6. The van der Waals surface area contributed by atoms with Crippen molar-refractivity contribution in [2.45, 2.75) is 13.5 Å². The molecule has 1 aromatic heterocycles. The fourth-order valence-electron chi connectivity index (χ4n) is 1.45. The maximum Gasteiger partial charge on any atom is 0.225 e. The summed E-state index contributed by atoms with van der Waals surface area (Å²) < 4.78 is 5.58. The van der Waals surface area contributed by atoms with Crippen LogP contribution in [0.25, 0.3) is 0 Å². The van der Waals surface area contributed by atoms with Crippen LogP contribution in [0.4, 0.5) is 5.95 Å². The zero-order chi connectivity index (χ0) is 12.8. The van der Waals surface area contributed by atoms with Gasteiger partial charge in [-0.1, -0.05) is 23.7 Å². The lowest BCUT2D eigenvalue weighted by atomic mass is 10.2. The van der Waals surface area contributed by atoms with Crippen molar-refractivity contribution in [3.8, 4) is 5.88 Å². The molecule has 0 saturated carbocycles. The van der Waals surface area contributed by atoms with E-state index in [1.54, 1.807) is 12.3 Å². The Morgan fingerprint density at radius 1 is 1.33 bits per heavy atom. The molecule has 5 heteroatoms. The van der Waals surface area contributed by atoms with Gasteiger partial charge in [-0.15, -0.1) is 0 Å². The molecular weight excluding hydrogens is 250 g/mol. The van der Waals surface area contributed by atoms with Crippen LogP contribution in [0.1, 0.15) is 12.5 Å². The molecule has 0 aliphatic rings. The molecule has 0 spiro atoms. The van der Waals surface area contributed by atoms with Crippen molar-refractivity contribution < 1.29 is 4.74 Å². The van der Waals surface area contributed by atoms with Crippen LogP contribution >= 0.6 is 11.6 Å². The molecule has 0 saturated heterocycles. The van der Waals surface area contributed by atoms with Crippen LogP contribution in [0.2, 0.25) is 5.02 Å². The van der Waals surface area contributed by atoms with Crippen molar-refractivity contribution >= 4 is 17.5 Å². The van der Waals surface area contributed by atoms with Crippen LogP contribution in [-0.4, -0.2) is 16.5 Å². The van der Waals surface area contributed by atoms with Crippen molar-refractivity contribution in [1.82, 2.24) is 9.97 Å². The zero-order valence-electron chi connectivity index (χ0n) is 10.1. The number of anilines is 1. The van der Waals surface area contributed by atoms with Gasteiger partial charge in [0.25, 0.3) is 0 Å². The van der Waals surface area contributed by atoms with Crippen molar-refractivity contribution in [1.29, 1.82) is 0 Å². The van der Waals surface area contributed by atoms with Gasteiger partial charge in [-0.25, -0.2) is 4.98 Å². The summed E-state index contributed by atoms with van der Waals surface area (Å²) in [6, 6.07) is 9.28. The predicted octanol–water partition coefficient (Wildman–Crippen LogP) is 3.14. The molecule has 1 aromatic carbocycles. The van der Waals surface area contributed by atoms with E-state index in [2.05, 4.69) is 15.3 Å². The van der Waals surface area contributed by atoms with Crippen molar-refractivity contribution in [3.63, 3.8) is 0 Å². The molecule has 0 atom stereocenters. The van der Waals surface area contributed by atoms with E-state index in [1.165, 1.54) is 0 Å². The summed E-state index contributed by atoms with van der Waals surface area (Å²) in [6.45, 7) is 3.20. The monoisotopic (exact) mass is 263 g/mol. The largest absolute Gasteiger partial charge is 0.473 e. The summed E-state index contributed by atoms with van der Waals surface area (Å²) in [5.74, 6) is 1.11. The Morgan fingerprint density at radius 2 is 2.22 bits per heavy atom. The Morgan fingerprint density at radius 3 is 3.00 bits per heavy atom. The maximum absolute atomic E-state index is 5.90. The molecule has 0 radical (unpaired) electrons. The first-order valence-corrected chi connectivity index (χ1v) is 6.10. The summed E-state index contributed by atoms with van der Waals surface area (Å²) in [7, 11) is 0. The van der Waals surface area contributed by atoms with E-state index in [4.69, 9.17) is 16.3 Å². The first-order valence-electron chi connectivity index (χ1n) is 5.72. The summed E-state index contributed by atoms with van der Waals surface area (Å²) in [5.41, 5.74) is 1.01. The topological polar surface area (TPSA) is 47.0 Å². The Balaban J connectivity index is 1.99. The molecule has 94 valence electrons. The molecular formula is C13H14ClN3O. The second-order valence-corrected chi connectivity index (χ2v) is 4.10. The van der Waals surface area contributed by atoms with Gasteiger partial charge in [-0.3, -0.25) is 0 Å². The molecule has 2 aromatic rings. The number of benzene rings is 1. The van der Waals surface area contributed by atoms with Gasteiger partial charge < -0.3 is 10.1 Å². The third kappa shape index (κ3) is 3.60. The molecule has 4 nitrogen and oxygen atoms in total. The van der Waals surface area contributed by atoms with Crippen LogP contribution in [0, 0.1) is 0 Å². The van der Waals surface area contributed by atoms with E-state index < -0.39 is 0 Å². The average Bonchev–Trinajstić information content (AvgIpc) is 2.37. The SMILES string of the molecule is CCNc1nccc(OCc2cccc(Cl)c2)n1. The highest BCUT2D eigenvalue weighted by Gasteiger charge is 2.00. The maximum atomic E-state index is 5.90. The summed E-state index contributed by atoms with van der Waals surface area (Å²) in [4.78, 5) is 8.30. The number of ether oxygens (including phenoxy) is 1. The lowest BCUT2D eigenvalue weighted by molar-refractivity contribution is 0.294. The van der Waals surface area contributed by atoms with E-state index in [0.29, 0.717) is 23.5 Å². The van der Waals surface area contributed by atoms with Gasteiger partial charge >= 0.3 is 0 Å². The zero-order valence-corrected chi connectivity index (χ0v) is 10.8. The number of hydrogen-bond donors (Lipinski definition) is 1. The molecule has 0 aliphatic carbocycles. The standard InChI is InChI=1S/C13H14ClN3O/c1-2-15-13-16-7-6-12(17-13)18-9-10-4-3-5-11(14)8-10/h3-8H,2,9H2,1H3,(H,15,16,17). The molecule has 0 amide bonds. The molecule has 0 aliphatic heterocycles. The minimum absolute atomic E-state index is 0.434. The van der Waals surface area contributed by atoms with Gasteiger partial charge in [0.05, 0.1) is 0 Å². The number of nitrogens with zero attached hydrogens (tertiary/aromatic N) is 2. The van der Waals surface area contributed by atoms with Crippen molar-refractivity contribution in [2.75, 3.05) is 11.9 Å². The third-order valence-electron chi connectivity index (χ3n) is 2.24. The molecule has 0 fully saturated rings. The number of hydrogen-bond acceptors (Lipinski definition) is 4. The summed E-state index contributed by atoms with van der Waals surface area (Å²) in [5, 5.41) is 3.73. The van der Waals surface area contributed by atoms with Gasteiger partial charge in [0.1, 0.15) is 6.61 Å². The second-order valence-electron chi connectivity index (χ2n) is 3.67. The summed E-state index contributed by atoms with van der Waals surface area (Å²) >= 11 is 5.90. The van der Waals surface area contributed by atoms with Gasteiger partial charge in [-0.05, 0) is 24.6 Å². The average molecular weight is 264 g/mol. The van der Waals surface area contributed by atoms with Crippen LogP contribution in [0.3, 0.4) is 0 Å². The van der Waals surface area contributed by atoms with Crippen LogP contribution in [0.5, 0.6) is 5.88 Å². The molecule has 1 N–H and O–H groups in total. The molecule has 1 heterocycles. The van der Waals surface area contributed by atoms with E-state index >= 15 is 0 Å². The Labute approximate surface area is 111 Å². The molecule has 2 rings (SSSR count). The van der Waals surface area contributed by atoms with Gasteiger partial charge in [0.15, 0.2) is 0 Å². The van der Waals surface area contributed by atoms with Gasteiger partial charge in [-0.2, -0.15) is 4.98 Å². The Hall–Kier alpha value is -1.81. The van der Waals surface area contributed by atoms with Gasteiger partial charge in [0, 0.05) is 23.8 Å². The number of nitrogens with one attached hydrogen (secondary N) is 1. The lowest BCUT2D eigenvalue weighted by Crippen LogP contribution is -2.04. The molecule has 0 unspecified atom stereocenters. The molecule has 18 heavy (non-hydrogen) atoms. The number of aromatic nitrogens is 2. The third-order valence-corrected chi connectivity index (χ3v) is 2.48. The minimum atomic E-state index is 0.434. The summed E-state index contributed by atoms with van der Waals surface area (Å²) in [6.07, 6.45) is 1.66. The Bertz CT molecular complexity index is 519. The van der Waals surface area contributed by atoms with E-state index in [1.807, 2.05) is 31.2 Å². The van der Waals surface area contributed by atoms with Crippen LogP contribution in [0.15, 0.2) is 36.5 Å². The highest BCUT2D eigenvalue weighted by Crippen LogP contribution is 2.14. The van der Waals surface area contributed by atoms with Crippen LogP contribution in [-0.2, 0) is 6.61 Å². The highest BCUT2D eigenvalue weighted by molar-refractivity contribution is 6.30. The number of rotatable bonds is 5. The molecule has 0 bridgehead atoms. The first-order chi connectivity index (χ1) is 8.78. The number of halogens is 1. The van der Waals surface area contributed by atoms with E-state index in [-0.39, 0.29) is 0 Å². The smallest absolute Gasteiger partial charge is 0.225 e.